The monoisotopic (exact) mass is 409 g/mol. The highest BCUT2D eigenvalue weighted by Gasteiger charge is 2.23. The van der Waals surface area contributed by atoms with Crippen molar-refractivity contribution in [3.8, 4) is 5.75 Å². The topological polar surface area (TPSA) is 73.1 Å². The molecule has 0 fully saturated rings. The maximum atomic E-state index is 13.1. The summed E-state index contributed by atoms with van der Waals surface area (Å²) >= 11 is 0. The average Bonchev–Trinajstić information content (AvgIpc) is 3.19. The van der Waals surface area contributed by atoms with Crippen LogP contribution < -0.4 is 4.74 Å². The van der Waals surface area contributed by atoms with E-state index in [1.807, 2.05) is 48.8 Å². The fourth-order valence-electron chi connectivity index (χ4n) is 3.33. The predicted molar refractivity (Wildman–Crippen MR) is 113 cm³/mol. The van der Waals surface area contributed by atoms with Gasteiger partial charge in [-0.2, -0.15) is 0 Å². The van der Waals surface area contributed by atoms with Gasteiger partial charge in [0.15, 0.2) is 0 Å². The molecule has 3 aromatic rings. The lowest BCUT2D eigenvalue weighted by molar-refractivity contribution is -0.145. The van der Waals surface area contributed by atoms with Gasteiger partial charge in [0, 0.05) is 25.5 Å². The fourth-order valence-corrected chi connectivity index (χ4v) is 3.33. The van der Waals surface area contributed by atoms with E-state index in [0.29, 0.717) is 17.9 Å². The fraction of sp³-hybridized carbons (Fsp3) is 0.348. The lowest BCUT2D eigenvalue weighted by atomic mass is 10.1. The Hall–Kier alpha value is -3.35. The maximum absolute atomic E-state index is 13.1. The molecule has 7 heteroatoms. The molecule has 1 aromatic carbocycles. The van der Waals surface area contributed by atoms with E-state index in [1.54, 1.807) is 30.0 Å². The number of hydrogen-bond acceptors (Lipinski definition) is 5. The van der Waals surface area contributed by atoms with Crippen molar-refractivity contribution < 1.29 is 19.1 Å². The Morgan fingerprint density at radius 3 is 2.67 bits per heavy atom. The number of carbonyl (C=O) groups excluding carboxylic acids is 2. The van der Waals surface area contributed by atoms with Crippen LogP contribution in [0, 0.1) is 12.8 Å². The summed E-state index contributed by atoms with van der Waals surface area (Å²) in [7, 11) is 1.35. The lowest BCUT2D eigenvalue weighted by Crippen LogP contribution is -2.37. The zero-order valence-corrected chi connectivity index (χ0v) is 17.8. The van der Waals surface area contributed by atoms with Gasteiger partial charge in [-0.1, -0.05) is 25.1 Å². The predicted octanol–water partition coefficient (Wildman–Crippen LogP) is 3.49. The second-order valence-corrected chi connectivity index (χ2v) is 7.21. The van der Waals surface area contributed by atoms with Crippen LogP contribution in [0.25, 0.3) is 5.65 Å². The van der Waals surface area contributed by atoms with Crippen molar-refractivity contribution in [3.63, 3.8) is 0 Å². The summed E-state index contributed by atoms with van der Waals surface area (Å²) in [4.78, 5) is 31.1. The third kappa shape index (κ3) is 4.62. The summed E-state index contributed by atoms with van der Waals surface area (Å²) in [6, 6.07) is 11.1. The third-order valence-corrected chi connectivity index (χ3v) is 4.99. The zero-order valence-electron chi connectivity index (χ0n) is 17.8. The Balaban J connectivity index is 1.76. The van der Waals surface area contributed by atoms with Crippen molar-refractivity contribution in [2.45, 2.75) is 27.4 Å². The summed E-state index contributed by atoms with van der Waals surface area (Å²) in [5.41, 5.74) is 3.20. The van der Waals surface area contributed by atoms with E-state index in [4.69, 9.17) is 9.47 Å². The summed E-state index contributed by atoms with van der Waals surface area (Å²) in [5, 5.41) is 0. The van der Waals surface area contributed by atoms with Crippen molar-refractivity contribution >= 4 is 17.5 Å². The van der Waals surface area contributed by atoms with Crippen LogP contribution in [-0.4, -0.2) is 46.4 Å². The second-order valence-electron chi connectivity index (χ2n) is 7.21. The molecular weight excluding hydrogens is 382 g/mol. The van der Waals surface area contributed by atoms with Crippen LogP contribution in [0.2, 0.25) is 0 Å². The van der Waals surface area contributed by atoms with Crippen LogP contribution >= 0.6 is 0 Å². The number of pyridine rings is 1. The van der Waals surface area contributed by atoms with Gasteiger partial charge in [-0.25, -0.2) is 4.98 Å². The number of fused-ring (bicyclic) bond motifs is 1. The highest BCUT2D eigenvalue weighted by molar-refractivity contribution is 5.97. The molecule has 0 aliphatic rings. The van der Waals surface area contributed by atoms with Crippen molar-refractivity contribution in [3.05, 3.63) is 65.6 Å². The molecule has 30 heavy (non-hydrogen) atoms. The van der Waals surface area contributed by atoms with Gasteiger partial charge in [-0.3, -0.25) is 9.59 Å². The quantitative estimate of drug-likeness (QED) is 0.533. The molecule has 1 unspecified atom stereocenters. The average molecular weight is 409 g/mol. The van der Waals surface area contributed by atoms with Crippen molar-refractivity contribution in [1.82, 2.24) is 14.3 Å². The number of hydrogen-bond donors (Lipinski definition) is 0. The van der Waals surface area contributed by atoms with Gasteiger partial charge >= 0.3 is 5.97 Å². The first kappa shape index (κ1) is 21.4. The van der Waals surface area contributed by atoms with Crippen LogP contribution in [0.15, 0.2) is 48.8 Å². The Labute approximate surface area is 176 Å². The SMILES string of the molecule is CCN(CC(C)C(=O)OC)C(=O)c1ccccc1OCc1cn2cccc(C)c2n1. The molecular formula is C23H27N3O4. The number of amides is 1. The largest absolute Gasteiger partial charge is 0.486 e. The molecule has 2 heterocycles. The number of methoxy groups -OCH3 is 1. The van der Waals surface area contributed by atoms with Crippen LogP contribution in [-0.2, 0) is 16.1 Å². The Bertz CT molecular complexity index is 1040. The van der Waals surface area contributed by atoms with Crippen LogP contribution in [0.1, 0.15) is 35.5 Å². The number of para-hydroxylation sites is 1. The molecule has 158 valence electrons. The maximum Gasteiger partial charge on any atom is 0.310 e. The van der Waals surface area contributed by atoms with Crippen LogP contribution in [0.5, 0.6) is 5.75 Å². The number of benzene rings is 1. The Kier molecular flexibility index (Phi) is 6.72. The summed E-state index contributed by atoms with van der Waals surface area (Å²) in [6.45, 7) is 6.63. The van der Waals surface area contributed by atoms with Gasteiger partial charge in [0.2, 0.25) is 0 Å². The molecule has 1 amide bonds. The molecule has 0 saturated heterocycles. The minimum Gasteiger partial charge on any atom is -0.486 e. The van der Waals surface area contributed by atoms with Gasteiger partial charge in [0.05, 0.1) is 24.3 Å². The normalized spacial score (nSPS) is 11.9. The van der Waals surface area contributed by atoms with E-state index in [2.05, 4.69) is 4.98 Å². The molecule has 0 radical (unpaired) electrons. The molecule has 0 saturated carbocycles. The third-order valence-electron chi connectivity index (χ3n) is 4.99. The summed E-state index contributed by atoms with van der Waals surface area (Å²) in [6.07, 6.45) is 3.86. The van der Waals surface area contributed by atoms with E-state index in [9.17, 15) is 9.59 Å². The summed E-state index contributed by atoms with van der Waals surface area (Å²) in [5.74, 6) is -0.448. The first-order valence-electron chi connectivity index (χ1n) is 9.96. The highest BCUT2D eigenvalue weighted by Crippen LogP contribution is 2.22. The van der Waals surface area contributed by atoms with Gasteiger partial charge in [-0.15, -0.1) is 0 Å². The van der Waals surface area contributed by atoms with E-state index < -0.39 is 5.92 Å². The minimum absolute atomic E-state index is 0.185. The minimum atomic E-state index is -0.409. The lowest BCUT2D eigenvalue weighted by Gasteiger charge is -2.24. The van der Waals surface area contributed by atoms with Crippen molar-refractivity contribution in [2.24, 2.45) is 5.92 Å². The summed E-state index contributed by atoms with van der Waals surface area (Å²) < 4.78 is 12.7. The van der Waals surface area contributed by atoms with Crippen LogP contribution in [0.4, 0.5) is 0 Å². The number of aromatic nitrogens is 2. The van der Waals surface area contributed by atoms with Crippen molar-refractivity contribution in [2.75, 3.05) is 20.2 Å². The zero-order chi connectivity index (χ0) is 21.7. The van der Waals surface area contributed by atoms with Gasteiger partial charge in [0.25, 0.3) is 5.91 Å². The van der Waals surface area contributed by atoms with Crippen molar-refractivity contribution in [1.29, 1.82) is 0 Å². The number of nitrogens with zero attached hydrogens (tertiary/aromatic N) is 3. The number of ether oxygens (including phenoxy) is 2. The smallest absolute Gasteiger partial charge is 0.310 e. The number of carbonyl (C=O) groups is 2. The highest BCUT2D eigenvalue weighted by atomic mass is 16.5. The number of rotatable bonds is 8. The van der Waals surface area contributed by atoms with Gasteiger partial charge in [0.1, 0.15) is 18.0 Å². The molecule has 0 aliphatic heterocycles. The number of imidazole rings is 1. The molecule has 2 aromatic heterocycles. The standard InChI is InChI=1S/C23H27N3O4/c1-5-25(13-17(3)23(28)29-4)22(27)19-10-6-7-11-20(19)30-15-18-14-26-12-8-9-16(2)21(26)24-18/h6-12,14,17H,5,13,15H2,1-4H3. The number of esters is 1. The van der Waals surface area contributed by atoms with E-state index in [0.717, 1.165) is 16.9 Å². The van der Waals surface area contributed by atoms with E-state index in [-0.39, 0.29) is 25.0 Å². The van der Waals surface area contributed by atoms with Gasteiger partial charge in [-0.05, 0) is 37.6 Å². The van der Waals surface area contributed by atoms with Gasteiger partial charge < -0.3 is 18.8 Å². The van der Waals surface area contributed by atoms with E-state index >= 15 is 0 Å². The molecule has 3 rings (SSSR count). The van der Waals surface area contributed by atoms with Crippen LogP contribution in [0.3, 0.4) is 0 Å². The molecule has 0 spiro atoms. The second kappa shape index (κ2) is 9.43. The molecule has 7 nitrogen and oxygen atoms in total. The molecule has 0 N–H and O–H groups in total. The molecule has 0 aliphatic carbocycles. The Morgan fingerprint density at radius 2 is 1.97 bits per heavy atom. The first-order chi connectivity index (χ1) is 14.4. The molecule has 0 bridgehead atoms. The number of aryl methyl sites for hydroxylation is 1. The first-order valence-corrected chi connectivity index (χ1v) is 9.96. The van der Waals surface area contributed by atoms with E-state index in [1.165, 1.54) is 7.11 Å². The molecule has 1 atom stereocenters. The Morgan fingerprint density at radius 1 is 1.20 bits per heavy atom.